The normalized spacial score (nSPS) is 15.6. The summed E-state index contributed by atoms with van der Waals surface area (Å²) < 4.78 is 0. The molecule has 1 aliphatic rings. The first-order chi connectivity index (χ1) is 4.79. The van der Waals surface area contributed by atoms with Gasteiger partial charge in [-0.15, -0.1) is 0 Å². The molecular formula is C10H16. The van der Waals surface area contributed by atoms with Gasteiger partial charge in [0.2, 0.25) is 0 Å². The lowest BCUT2D eigenvalue weighted by atomic mass is 9.94. The number of hydrogen-bond acceptors (Lipinski definition) is 0. The van der Waals surface area contributed by atoms with Crippen LogP contribution in [0.3, 0.4) is 0 Å². The van der Waals surface area contributed by atoms with Gasteiger partial charge >= 0.3 is 0 Å². The van der Waals surface area contributed by atoms with Crippen molar-refractivity contribution in [1.82, 2.24) is 0 Å². The van der Waals surface area contributed by atoms with E-state index in [0.29, 0.717) is 0 Å². The minimum Gasteiger partial charge on any atom is -0.0856 e. The van der Waals surface area contributed by atoms with Crippen molar-refractivity contribution in [3.05, 3.63) is 23.3 Å². The summed E-state index contributed by atoms with van der Waals surface area (Å²) in [7, 11) is 0. The van der Waals surface area contributed by atoms with E-state index in [2.05, 4.69) is 26.0 Å². The van der Waals surface area contributed by atoms with Crippen LogP contribution in [0.25, 0.3) is 0 Å². The van der Waals surface area contributed by atoms with Crippen molar-refractivity contribution in [2.24, 2.45) is 0 Å². The Balaban J connectivity index is 2.11. The molecule has 0 spiro atoms. The summed E-state index contributed by atoms with van der Waals surface area (Å²) in [6.07, 6.45) is 9.90. The van der Waals surface area contributed by atoms with E-state index in [4.69, 9.17) is 0 Å². The van der Waals surface area contributed by atoms with Crippen LogP contribution >= 0.6 is 0 Å². The summed E-state index contributed by atoms with van der Waals surface area (Å²) in [6, 6.07) is 0. The van der Waals surface area contributed by atoms with Crippen LogP contribution < -0.4 is 0 Å². The van der Waals surface area contributed by atoms with Gasteiger partial charge in [0.1, 0.15) is 0 Å². The Hall–Kier alpha value is -0.520. The highest BCUT2D eigenvalue weighted by molar-refractivity contribution is 5.13. The van der Waals surface area contributed by atoms with Crippen molar-refractivity contribution in [2.45, 2.75) is 39.5 Å². The molecule has 0 bridgehead atoms. The smallest absolute Gasteiger partial charge is 0.0285 e. The van der Waals surface area contributed by atoms with Gasteiger partial charge < -0.3 is 0 Å². The van der Waals surface area contributed by atoms with Gasteiger partial charge in [-0.25, -0.2) is 0 Å². The van der Waals surface area contributed by atoms with E-state index in [0.717, 1.165) is 0 Å². The second kappa shape index (κ2) is 3.60. The molecule has 0 N–H and O–H groups in total. The van der Waals surface area contributed by atoms with Crippen molar-refractivity contribution in [2.75, 3.05) is 0 Å². The van der Waals surface area contributed by atoms with Crippen LogP contribution in [-0.2, 0) is 0 Å². The Bertz CT molecular complexity index is 157. The standard InChI is InChI=1S/C10H16/c1-9(2)5-3-6-10-7-4-8-10/h5,7H,3-4,6,8H2,1-2H3. The van der Waals surface area contributed by atoms with Gasteiger partial charge in [-0.05, 0) is 39.5 Å². The molecule has 1 aliphatic carbocycles. The van der Waals surface area contributed by atoms with E-state index in [1.807, 2.05) is 0 Å². The molecule has 0 aromatic rings. The second-order valence-corrected chi connectivity index (χ2v) is 3.22. The van der Waals surface area contributed by atoms with E-state index in [1.165, 1.54) is 31.3 Å². The lowest BCUT2D eigenvalue weighted by Crippen LogP contribution is -1.92. The summed E-state index contributed by atoms with van der Waals surface area (Å²) >= 11 is 0. The molecule has 0 aromatic carbocycles. The van der Waals surface area contributed by atoms with Gasteiger partial charge in [0.25, 0.3) is 0 Å². The van der Waals surface area contributed by atoms with Crippen molar-refractivity contribution in [1.29, 1.82) is 0 Å². The highest BCUT2D eigenvalue weighted by Crippen LogP contribution is 2.22. The average Bonchev–Trinajstić information content (AvgIpc) is 1.75. The Labute approximate surface area is 63.6 Å². The Morgan fingerprint density at radius 1 is 1.60 bits per heavy atom. The molecule has 0 heteroatoms. The highest BCUT2D eigenvalue weighted by Gasteiger charge is 2.02. The minimum atomic E-state index is 1.24. The van der Waals surface area contributed by atoms with Gasteiger partial charge in [-0.1, -0.05) is 23.3 Å². The summed E-state index contributed by atoms with van der Waals surface area (Å²) in [5.41, 5.74) is 3.11. The van der Waals surface area contributed by atoms with Crippen LogP contribution in [0.2, 0.25) is 0 Å². The lowest BCUT2D eigenvalue weighted by molar-refractivity contribution is 0.785. The average molecular weight is 136 g/mol. The number of allylic oxidation sites excluding steroid dienone is 4. The second-order valence-electron chi connectivity index (χ2n) is 3.22. The minimum absolute atomic E-state index is 1.24. The van der Waals surface area contributed by atoms with Gasteiger partial charge in [0.15, 0.2) is 0 Å². The van der Waals surface area contributed by atoms with E-state index in [-0.39, 0.29) is 0 Å². The molecule has 0 radical (unpaired) electrons. The third kappa shape index (κ3) is 2.38. The highest BCUT2D eigenvalue weighted by atomic mass is 14.1. The molecule has 0 aromatic heterocycles. The maximum absolute atomic E-state index is 2.36. The van der Waals surface area contributed by atoms with E-state index in [1.54, 1.807) is 5.57 Å². The summed E-state index contributed by atoms with van der Waals surface area (Å²) in [5, 5.41) is 0. The van der Waals surface area contributed by atoms with E-state index in [9.17, 15) is 0 Å². The first kappa shape index (κ1) is 7.59. The molecular weight excluding hydrogens is 120 g/mol. The van der Waals surface area contributed by atoms with Crippen LogP contribution in [-0.4, -0.2) is 0 Å². The summed E-state index contributed by atoms with van der Waals surface area (Å²) in [6.45, 7) is 4.32. The van der Waals surface area contributed by atoms with E-state index < -0.39 is 0 Å². The monoisotopic (exact) mass is 136 g/mol. The largest absolute Gasteiger partial charge is 0.0856 e. The topological polar surface area (TPSA) is 0 Å². The molecule has 56 valence electrons. The lowest BCUT2D eigenvalue weighted by Gasteiger charge is -2.12. The SMILES string of the molecule is CC(C)=CCCC1=CCC1. The third-order valence-corrected chi connectivity index (χ3v) is 1.92. The van der Waals surface area contributed by atoms with Crippen LogP contribution in [0.4, 0.5) is 0 Å². The van der Waals surface area contributed by atoms with Crippen LogP contribution in [0, 0.1) is 0 Å². The maximum Gasteiger partial charge on any atom is -0.0285 e. The maximum atomic E-state index is 2.36. The number of rotatable bonds is 3. The zero-order valence-electron chi connectivity index (χ0n) is 6.98. The van der Waals surface area contributed by atoms with Crippen LogP contribution in [0.15, 0.2) is 23.3 Å². The Morgan fingerprint density at radius 2 is 2.30 bits per heavy atom. The molecule has 0 unspecified atom stereocenters. The summed E-state index contributed by atoms with van der Waals surface area (Å²) in [4.78, 5) is 0. The molecule has 10 heavy (non-hydrogen) atoms. The quantitative estimate of drug-likeness (QED) is 0.521. The zero-order chi connectivity index (χ0) is 7.40. The molecule has 0 heterocycles. The van der Waals surface area contributed by atoms with Crippen molar-refractivity contribution >= 4 is 0 Å². The van der Waals surface area contributed by atoms with Crippen LogP contribution in [0.1, 0.15) is 39.5 Å². The third-order valence-electron chi connectivity index (χ3n) is 1.92. The van der Waals surface area contributed by atoms with Crippen molar-refractivity contribution < 1.29 is 0 Å². The fourth-order valence-corrected chi connectivity index (χ4v) is 1.12. The zero-order valence-corrected chi connectivity index (χ0v) is 6.98. The van der Waals surface area contributed by atoms with Crippen LogP contribution in [0.5, 0.6) is 0 Å². The predicted molar refractivity (Wildman–Crippen MR) is 46.0 cm³/mol. The van der Waals surface area contributed by atoms with Gasteiger partial charge in [0, 0.05) is 0 Å². The van der Waals surface area contributed by atoms with Gasteiger partial charge in [-0.3, -0.25) is 0 Å². The molecule has 0 amide bonds. The molecule has 0 aliphatic heterocycles. The first-order valence-electron chi connectivity index (χ1n) is 4.10. The molecule has 0 saturated carbocycles. The molecule has 0 atom stereocenters. The first-order valence-corrected chi connectivity index (χ1v) is 4.10. The molecule has 0 saturated heterocycles. The Morgan fingerprint density at radius 3 is 2.70 bits per heavy atom. The molecule has 0 nitrogen and oxygen atoms in total. The van der Waals surface area contributed by atoms with Crippen molar-refractivity contribution in [3.63, 3.8) is 0 Å². The van der Waals surface area contributed by atoms with Crippen molar-refractivity contribution in [3.8, 4) is 0 Å². The number of hydrogen-bond donors (Lipinski definition) is 0. The molecule has 1 rings (SSSR count). The molecule has 0 fully saturated rings. The van der Waals surface area contributed by atoms with Gasteiger partial charge in [0.05, 0.1) is 0 Å². The van der Waals surface area contributed by atoms with E-state index >= 15 is 0 Å². The Kier molecular flexibility index (Phi) is 2.73. The fraction of sp³-hybridized carbons (Fsp3) is 0.600. The fourth-order valence-electron chi connectivity index (χ4n) is 1.12. The van der Waals surface area contributed by atoms with Gasteiger partial charge in [-0.2, -0.15) is 0 Å². The summed E-state index contributed by atoms with van der Waals surface area (Å²) in [5.74, 6) is 0. The predicted octanol–water partition coefficient (Wildman–Crippen LogP) is 3.45.